The van der Waals surface area contributed by atoms with Gasteiger partial charge in [-0.2, -0.15) is 0 Å². The van der Waals surface area contributed by atoms with Crippen LogP contribution < -0.4 is 0 Å². The van der Waals surface area contributed by atoms with E-state index in [1.54, 1.807) is 29.5 Å². The molecular formula is C12H7BrCl2OS. The summed E-state index contributed by atoms with van der Waals surface area (Å²) in [6.45, 7) is 0. The van der Waals surface area contributed by atoms with Crippen LogP contribution in [0.5, 0.6) is 0 Å². The molecule has 2 aromatic rings. The van der Waals surface area contributed by atoms with Gasteiger partial charge < -0.3 is 0 Å². The van der Waals surface area contributed by atoms with Gasteiger partial charge in [0.1, 0.15) is 0 Å². The normalized spacial score (nSPS) is 10.5. The maximum atomic E-state index is 12.0. The van der Waals surface area contributed by atoms with Crippen molar-refractivity contribution in [2.75, 3.05) is 0 Å². The van der Waals surface area contributed by atoms with Crippen LogP contribution in [-0.2, 0) is 6.42 Å². The molecule has 0 aliphatic heterocycles. The Morgan fingerprint density at radius 1 is 1.24 bits per heavy atom. The molecule has 0 amide bonds. The highest BCUT2D eigenvalue weighted by Crippen LogP contribution is 2.26. The topological polar surface area (TPSA) is 17.1 Å². The first-order chi connectivity index (χ1) is 8.06. The summed E-state index contributed by atoms with van der Waals surface area (Å²) >= 11 is 16.7. The van der Waals surface area contributed by atoms with Gasteiger partial charge in [0.25, 0.3) is 0 Å². The van der Waals surface area contributed by atoms with Crippen LogP contribution in [-0.4, -0.2) is 5.78 Å². The van der Waals surface area contributed by atoms with Crippen molar-refractivity contribution >= 4 is 56.3 Å². The minimum atomic E-state index is 0.000941. The standard InChI is InChI=1S/C12H7BrCl2OS/c13-12-4-2-8(17-12)6-11(16)9-3-1-7(14)5-10(9)15/h1-5H,6H2. The summed E-state index contributed by atoms with van der Waals surface area (Å²) in [6.07, 6.45) is 0.359. The summed E-state index contributed by atoms with van der Waals surface area (Å²) in [5.41, 5.74) is 0.514. The van der Waals surface area contributed by atoms with Crippen molar-refractivity contribution in [1.29, 1.82) is 0 Å². The molecule has 0 radical (unpaired) electrons. The molecule has 0 saturated heterocycles. The van der Waals surface area contributed by atoms with E-state index < -0.39 is 0 Å². The molecule has 17 heavy (non-hydrogen) atoms. The van der Waals surface area contributed by atoms with Gasteiger partial charge in [-0.15, -0.1) is 11.3 Å². The van der Waals surface area contributed by atoms with Crippen LogP contribution in [0.3, 0.4) is 0 Å². The summed E-state index contributed by atoms with van der Waals surface area (Å²) in [6, 6.07) is 8.77. The first-order valence-corrected chi connectivity index (χ1v) is 7.15. The number of hydrogen-bond donors (Lipinski definition) is 0. The minimum Gasteiger partial charge on any atom is -0.294 e. The number of benzene rings is 1. The van der Waals surface area contributed by atoms with E-state index in [-0.39, 0.29) is 5.78 Å². The molecular weight excluding hydrogens is 343 g/mol. The van der Waals surface area contributed by atoms with Gasteiger partial charge in [0.05, 0.1) is 8.81 Å². The Balaban J connectivity index is 2.20. The third kappa shape index (κ3) is 3.32. The number of thiophene rings is 1. The van der Waals surface area contributed by atoms with Crippen molar-refractivity contribution in [1.82, 2.24) is 0 Å². The van der Waals surface area contributed by atoms with E-state index in [4.69, 9.17) is 23.2 Å². The number of ketones is 1. The highest BCUT2D eigenvalue weighted by atomic mass is 79.9. The molecule has 1 heterocycles. The van der Waals surface area contributed by atoms with Crippen molar-refractivity contribution in [3.63, 3.8) is 0 Å². The van der Waals surface area contributed by atoms with Crippen molar-refractivity contribution in [3.8, 4) is 0 Å². The molecule has 0 aliphatic rings. The van der Waals surface area contributed by atoms with E-state index in [2.05, 4.69) is 15.9 Å². The molecule has 0 atom stereocenters. The van der Waals surface area contributed by atoms with Gasteiger partial charge in [-0.25, -0.2) is 0 Å². The van der Waals surface area contributed by atoms with Gasteiger partial charge in [-0.1, -0.05) is 23.2 Å². The van der Waals surface area contributed by atoms with Gasteiger partial charge in [-0.3, -0.25) is 4.79 Å². The molecule has 5 heteroatoms. The second-order valence-electron chi connectivity index (χ2n) is 3.43. The van der Waals surface area contributed by atoms with Crippen molar-refractivity contribution in [3.05, 3.63) is 54.6 Å². The van der Waals surface area contributed by atoms with E-state index in [1.807, 2.05) is 12.1 Å². The lowest BCUT2D eigenvalue weighted by Gasteiger charge is -2.02. The number of rotatable bonds is 3. The van der Waals surface area contributed by atoms with Crippen molar-refractivity contribution in [2.45, 2.75) is 6.42 Å². The van der Waals surface area contributed by atoms with Crippen LogP contribution in [0.25, 0.3) is 0 Å². The fourth-order valence-electron chi connectivity index (χ4n) is 1.42. The maximum absolute atomic E-state index is 12.0. The smallest absolute Gasteiger partial charge is 0.169 e. The first-order valence-electron chi connectivity index (χ1n) is 4.79. The molecule has 1 aromatic carbocycles. The fourth-order valence-corrected chi connectivity index (χ4v) is 3.41. The Kier molecular flexibility index (Phi) is 4.26. The Morgan fingerprint density at radius 3 is 2.59 bits per heavy atom. The van der Waals surface area contributed by atoms with E-state index in [0.29, 0.717) is 22.0 Å². The fraction of sp³-hybridized carbons (Fsp3) is 0.0833. The predicted octanol–water partition coefficient (Wildman–Crippen LogP) is 5.24. The molecule has 1 aromatic heterocycles. The molecule has 0 N–H and O–H groups in total. The molecule has 0 unspecified atom stereocenters. The van der Waals surface area contributed by atoms with Gasteiger partial charge >= 0.3 is 0 Å². The summed E-state index contributed by atoms with van der Waals surface area (Å²) in [5.74, 6) is 0.000941. The lowest BCUT2D eigenvalue weighted by atomic mass is 10.1. The zero-order valence-corrected chi connectivity index (χ0v) is 12.5. The van der Waals surface area contributed by atoms with E-state index >= 15 is 0 Å². The summed E-state index contributed by atoms with van der Waals surface area (Å²) in [5, 5.41) is 0.934. The third-order valence-electron chi connectivity index (χ3n) is 2.20. The maximum Gasteiger partial charge on any atom is 0.169 e. The highest BCUT2D eigenvalue weighted by molar-refractivity contribution is 9.11. The van der Waals surface area contributed by atoms with Crippen LogP contribution in [0.4, 0.5) is 0 Å². The lowest BCUT2D eigenvalue weighted by molar-refractivity contribution is 0.0994. The van der Waals surface area contributed by atoms with Gasteiger partial charge in [-0.05, 0) is 46.3 Å². The SMILES string of the molecule is O=C(Cc1ccc(Br)s1)c1ccc(Cl)cc1Cl. The van der Waals surface area contributed by atoms with Crippen LogP contribution in [0.1, 0.15) is 15.2 Å². The quantitative estimate of drug-likeness (QED) is 0.692. The zero-order valence-electron chi connectivity index (χ0n) is 8.54. The number of carbonyl (C=O) groups is 1. The van der Waals surface area contributed by atoms with Crippen LogP contribution in [0, 0.1) is 0 Å². The van der Waals surface area contributed by atoms with E-state index in [1.165, 1.54) is 0 Å². The highest BCUT2D eigenvalue weighted by Gasteiger charge is 2.12. The lowest BCUT2D eigenvalue weighted by Crippen LogP contribution is -2.02. The number of hydrogen-bond acceptors (Lipinski definition) is 2. The van der Waals surface area contributed by atoms with Gasteiger partial charge in [0.2, 0.25) is 0 Å². The number of carbonyl (C=O) groups excluding carboxylic acids is 1. The largest absolute Gasteiger partial charge is 0.294 e. The average molecular weight is 350 g/mol. The Morgan fingerprint density at radius 2 is 2.00 bits per heavy atom. The molecule has 0 aliphatic carbocycles. The van der Waals surface area contributed by atoms with Gasteiger partial charge in [0, 0.05) is 21.9 Å². The Labute approximate surface area is 121 Å². The summed E-state index contributed by atoms with van der Waals surface area (Å²) in [4.78, 5) is 13.0. The van der Waals surface area contributed by atoms with Crippen molar-refractivity contribution in [2.24, 2.45) is 0 Å². The number of Topliss-reactive ketones (excluding diaryl/α,β-unsaturated/α-hetero) is 1. The molecule has 2 rings (SSSR count). The second-order valence-corrected chi connectivity index (χ2v) is 6.82. The van der Waals surface area contributed by atoms with Crippen LogP contribution in [0.2, 0.25) is 10.0 Å². The molecule has 88 valence electrons. The molecule has 0 bridgehead atoms. The summed E-state index contributed by atoms with van der Waals surface area (Å²) < 4.78 is 1.02. The average Bonchev–Trinajstić information content (AvgIpc) is 2.63. The predicted molar refractivity (Wildman–Crippen MR) is 76.5 cm³/mol. The first kappa shape index (κ1) is 13.1. The van der Waals surface area contributed by atoms with E-state index in [0.717, 1.165) is 8.66 Å². The summed E-state index contributed by atoms with van der Waals surface area (Å²) in [7, 11) is 0. The minimum absolute atomic E-state index is 0.000941. The van der Waals surface area contributed by atoms with Crippen LogP contribution in [0.15, 0.2) is 34.1 Å². The van der Waals surface area contributed by atoms with E-state index in [9.17, 15) is 4.79 Å². The monoisotopic (exact) mass is 348 g/mol. The van der Waals surface area contributed by atoms with Crippen molar-refractivity contribution < 1.29 is 4.79 Å². The Hall–Kier alpha value is -0.350. The molecule has 0 saturated carbocycles. The number of halogens is 3. The van der Waals surface area contributed by atoms with Crippen LogP contribution >= 0.6 is 50.5 Å². The third-order valence-corrected chi connectivity index (χ3v) is 4.37. The molecule has 1 nitrogen and oxygen atoms in total. The molecule has 0 spiro atoms. The second kappa shape index (κ2) is 5.53. The zero-order chi connectivity index (χ0) is 12.4. The Bertz CT molecular complexity index is 565. The van der Waals surface area contributed by atoms with Gasteiger partial charge in [0.15, 0.2) is 5.78 Å². The molecule has 0 fully saturated rings.